The van der Waals surface area contributed by atoms with Crippen molar-refractivity contribution < 1.29 is 19.0 Å². The number of methoxy groups -OCH3 is 3. The summed E-state index contributed by atoms with van der Waals surface area (Å²) >= 11 is 0. The van der Waals surface area contributed by atoms with Gasteiger partial charge in [-0.3, -0.25) is 4.79 Å². The van der Waals surface area contributed by atoms with Gasteiger partial charge in [-0.15, -0.1) is 10.2 Å². The zero-order chi connectivity index (χ0) is 19.8. The van der Waals surface area contributed by atoms with Crippen LogP contribution in [-0.4, -0.2) is 46.9 Å². The number of benzene rings is 1. The van der Waals surface area contributed by atoms with Crippen LogP contribution < -0.4 is 9.47 Å². The molecule has 0 spiro atoms. The normalized spacial score (nSPS) is 16.3. The van der Waals surface area contributed by atoms with Crippen LogP contribution in [-0.2, 0) is 17.8 Å². The monoisotopic (exact) mass is 382 g/mol. The van der Waals surface area contributed by atoms with E-state index in [2.05, 4.69) is 17.1 Å². The number of carbonyl (C=O) groups excluding carboxylic acids is 1. The molecule has 28 heavy (non-hydrogen) atoms. The Morgan fingerprint density at radius 1 is 1.11 bits per heavy atom. The fourth-order valence-corrected chi connectivity index (χ4v) is 3.73. The Hall–Kier alpha value is -3.00. The van der Waals surface area contributed by atoms with Gasteiger partial charge < -0.3 is 14.2 Å². The van der Waals surface area contributed by atoms with Gasteiger partial charge in [-0.2, -0.15) is 5.10 Å². The molecule has 2 heterocycles. The molecule has 1 aliphatic rings. The molecule has 8 heteroatoms. The Labute approximate surface area is 162 Å². The standard InChI is InChI=1S/C20H22N4O4/c1-11-7-14-19(15(25)8-11)21-22-20-18(13(10-26-2)23-24(14)20)12-5-6-16(27-3)17(9-12)28-4/h5-6,9,11H,7-8,10H2,1-4H3/t11-/m0/s1. The Morgan fingerprint density at radius 3 is 2.61 bits per heavy atom. The molecule has 1 aliphatic carbocycles. The van der Waals surface area contributed by atoms with Crippen LogP contribution in [0, 0.1) is 5.92 Å². The summed E-state index contributed by atoms with van der Waals surface area (Å²) in [5, 5.41) is 13.3. The first-order chi connectivity index (χ1) is 13.6. The highest BCUT2D eigenvalue weighted by Gasteiger charge is 2.29. The number of Topliss-reactive ketones (excluding diaryl/α,β-unsaturated/α-hetero) is 1. The highest BCUT2D eigenvalue weighted by atomic mass is 16.5. The van der Waals surface area contributed by atoms with E-state index in [1.54, 1.807) is 25.8 Å². The van der Waals surface area contributed by atoms with Crippen molar-refractivity contribution >= 4 is 11.4 Å². The minimum atomic E-state index is 0.0135. The number of fused-ring (bicyclic) bond motifs is 3. The van der Waals surface area contributed by atoms with Crippen LogP contribution in [0.1, 0.15) is 35.2 Å². The third-order valence-corrected chi connectivity index (χ3v) is 5.00. The second-order valence-corrected chi connectivity index (χ2v) is 6.99. The molecule has 4 rings (SSSR count). The van der Waals surface area contributed by atoms with E-state index in [1.807, 2.05) is 18.2 Å². The van der Waals surface area contributed by atoms with Gasteiger partial charge in [0, 0.05) is 13.5 Å². The number of ether oxygens (including phenoxy) is 3. The van der Waals surface area contributed by atoms with Crippen molar-refractivity contribution in [2.45, 2.75) is 26.4 Å². The van der Waals surface area contributed by atoms with Crippen LogP contribution in [0.3, 0.4) is 0 Å². The quantitative estimate of drug-likeness (QED) is 0.670. The lowest BCUT2D eigenvalue weighted by atomic mass is 9.90. The van der Waals surface area contributed by atoms with Crippen molar-refractivity contribution in [1.82, 2.24) is 19.8 Å². The first-order valence-corrected chi connectivity index (χ1v) is 9.09. The summed E-state index contributed by atoms with van der Waals surface area (Å²) < 4.78 is 17.9. The Bertz CT molecular complexity index is 1060. The van der Waals surface area contributed by atoms with Crippen molar-refractivity contribution in [3.63, 3.8) is 0 Å². The lowest BCUT2D eigenvalue weighted by Gasteiger charge is -2.19. The number of carbonyl (C=O) groups is 1. The number of ketones is 1. The molecule has 0 fully saturated rings. The zero-order valence-corrected chi connectivity index (χ0v) is 16.4. The average Bonchev–Trinajstić information content (AvgIpc) is 3.06. The maximum atomic E-state index is 12.4. The molecular weight excluding hydrogens is 360 g/mol. The highest BCUT2D eigenvalue weighted by molar-refractivity contribution is 5.96. The minimum absolute atomic E-state index is 0.0135. The van der Waals surface area contributed by atoms with Gasteiger partial charge in [0.15, 0.2) is 28.6 Å². The molecule has 0 bridgehead atoms. The van der Waals surface area contributed by atoms with E-state index in [1.165, 1.54) is 0 Å². The highest BCUT2D eigenvalue weighted by Crippen LogP contribution is 2.36. The lowest BCUT2D eigenvalue weighted by Crippen LogP contribution is -2.23. The van der Waals surface area contributed by atoms with Crippen molar-refractivity contribution in [3.05, 3.63) is 35.3 Å². The van der Waals surface area contributed by atoms with Gasteiger partial charge >= 0.3 is 0 Å². The van der Waals surface area contributed by atoms with E-state index in [9.17, 15) is 4.79 Å². The average molecular weight is 382 g/mol. The molecule has 0 unspecified atom stereocenters. The summed E-state index contributed by atoms with van der Waals surface area (Å²) in [5.74, 6) is 1.50. The van der Waals surface area contributed by atoms with E-state index in [4.69, 9.17) is 19.3 Å². The Kier molecular flexibility index (Phi) is 4.72. The van der Waals surface area contributed by atoms with E-state index in [0.29, 0.717) is 35.9 Å². The molecule has 1 atom stereocenters. The van der Waals surface area contributed by atoms with Crippen LogP contribution in [0.4, 0.5) is 0 Å². The molecule has 0 radical (unpaired) electrons. The van der Waals surface area contributed by atoms with Gasteiger partial charge in [-0.1, -0.05) is 13.0 Å². The fourth-order valence-electron chi connectivity index (χ4n) is 3.73. The Balaban J connectivity index is 1.97. The van der Waals surface area contributed by atoms with E-state index in [-0.39, 0.29) is 11.7 Å². The molecule has 0 saturated carbocycles. The van der Waals surface area contributed by atoms with Crippen molar-refractivity contribution in [3.8, 4) is 22.6 Å². The Morgan fingerprint density at radius 2 is 1.89 bits per heavy atom. The molecule has 3 aromatic rings. The number of hydrogen-bond donors (Lipinski definition) is 0. The van der Waals surface area contributed by atoms with Crippen molar-refractivity contribution in [2.75, 3.05) is 21.3 Å². The van der Waals surface area contributed by atoms with Crippen LogP contribution >= 0.6 is 0 Å². The minimum Gasteiger partial charge on any atom is -0.493 e. The topological polar surface area (TPSA) is 87.8 Å². The predicted molar refractivity (Wildman–Crippen MR) is 102 cm³/mol. The summed E-state index contributed by atoms with van der Waals surface area (Å²) in [6, 6.07) is 5.64. The maximum absolute atomic E-state index is 12.4. The van der Waals surface area contributed by atoms with Gasteiger partial charge in [0.25, 0.3) is 0 Å². The summed E-state index contributed by atoms with van der Waals surface area (Å²) in [7, 11) is 4.81. The predicted octanol–water partition coefficient (Wildman–Crippen LogP) is 2.72. The smallest absolute Gasteiger partial charge is 0.185 e. The van der Waals surface area contributed by atoms with Crippen LogP contribution in [0.5, 0.6) is 11.5 Å². The number of aromatic nitrogens is 4. The third kappa shape index (κ3) is 2.90. The molecule has 1 aromatic carbocycles. The first kappa shape index (κ1) is 18.4. The fraction of sp³-hybridized carbons (Fsp3) is 0.400. The van der Waals surface area contributed by atoms with Gasteiger partial charge in [0.1, 0.15) is 0 Å². The summed E-state index contributed by atoms with van der Waals surface area (Å²) in [5.41, 5.74) is 4.21. The number of rotatable bonds is 5. The first-order valence-electron chi connectivity index (χ1n) is 9.09. The summed E-state index contributed by atoms with van der Waals surface area (Å²) in [6.45, 7) is 2.37. The molecule has 0 aliphatic heterocycles. The van der Waals surface area contributed by atoms with Crippen LogP contribution in [0.25, 0.3) is 16.8 Å². The molecule has 0 saturated heterocycles. The van der Waals surface area contributed by atoms with E-state index in [0.717, 1.165) is 28.9 Å². The third-order valence-electron chi connectivity index (χ3n) is 5.00. The van der Waals surface area contributed by atoms with Crippen LogP contribution in [0.2, 0.25) is 0 Å². The van der Waals surface area contributed by atoms with Gasteiger partial charge in [-0.25, -0.2) is 4.52 Å². The molecule has 2 aromatic heterocycles. The molecule has 8 nitrogen and oxygen atoms in total. The molecule has 0 N–H and O–H groups in total. The van der Waals surface area contributed by atoms with Gasteiger partial charge in [0.2, 0.25) is 0 Å². The second-order valence-electron chi connectivity index (χ2n) is 6.99. The largest absolute Gasteiger partial charge is 0.493 e. The van der Waals surface area contributed by atoms with E-state index >= 15 is 0 Å². The molecule has 146 valence electrons. The summed E-state index contributed by atoms with van der Waals surface area (Å²) in [6.07, 6.45) is 1.22. The lowest BCUT2D eigenvalue weighted by molar-refractivity contribution is 0.0944. The van der Waals surface area contributed by atoms with Crippen LogP contribution in [0.15, 0.2) is 18.2 Å². The van der Waals surface area contributed by atoms with Gasteiger partial charge in [0.05, 0.1) is 37.8 Å². The van der Waals surface area contributed by atoms with E-state index < -0.39 is 0 Å². The molecule has 0 amide bonds. The SMILES string of the molecule is COCc1nn2c3c(nnc2c1-c1ccc(OC)c(OC)c1)C(=O)C[C@@H](C)C3. The second kappa shape index (κ2) is 7.20. The zero-order valence-electron chi connectivity index (χ0n) is 16.4. The summed E-state index contributed by atoms with van der Waals surface area (Å²) in [4.78, 5) is 12.4. The maximum Gasteiger partial charge on any atom is 0.185 e. The number of hydrogen-bond acceptors (Lipinski definition) is 7. The van der Waals surface area contributed by atoms with Crippen molar-refractivity contribution in [2.24, 2.45) is 5.92 Å². The van der Waals surface area contributed by atoms with Crippen molar-refractivity contribution in [1.29, 1.82) is 0 Å². The molecular formula is C20H22N4O4. The van der Waals surface area contributed by atoms with Gasteiger partial charge in [-0.05, 0) is 30.0 Å². The number of nitrogens with zero attached hydrogens (tertiary/aromatic N) is 4.